The number of benzene rings is 1. The van der Waals surface area contributed by atoms with E-state index in [-0.39, 0.29) is 17.3 Å². The van der Waals surface area contributed by atoms with E-state index in [0.717, 1.165) is 29.4 Å². The number of hydrogen-bond donors (Lipinski definition) is 0. The Morgan fingerprint density at radius 2 is 2.09 bits per heavy atom. The molecule has 0 radical (unpaired) electrons. The molecule has 0 bridgehead atoms. The number of para-hydroxylation sites is 1. The quantitative estimate of drug-likeness (QED) is 0.817. The SMILES string of the molecule is Cc1cc(C(=O)OC2CCC(S(C)=O)C2)c2ccccc2n1. The van der Waals surface area contributed by atoms with Crippen LogP contribution in [0.4, 0.5) is 0 Å². The lowest BCUT2D eigenvalue weighted by Gasteiger charge is -2.13. The number of fused-ring (bicyclic) bond motifs is 1. The number of esters is 1. The predicted molar refractivity (Wildman–Crippen MR) is 87.4 cm³/mol. The summed E-state index contributed by atoms with van der Waals surface area (Å²) in [5, 5.41) is 0.959. The van der Waals surface area contributed by atoms with Gasteiger partial charge in [0.15, 0.2) is 0 Å². The van der Waals surface area contributed by atoms with Crippen molar-refractivity contribution >= 4 is 27.7 Å². The molecule has 1 aromatic carbocycles. The van der Waals surface area contributed by atoms with Crippen LogP contribution in [0.1, 0.15) is 35.3 Å². The lowest BCUT2D eigenvalue weighted by molar-refractivity contribution is 0.0320. The van der Waals surface area contributed by atoms with Gasteiger partial charge in [0.2, 0.25) is 0 Å². The Morgan fingerprint density at radius 3 is 2.82 bits per heavy atom. The maximum Gasteiger partial charge on any atom is 0.339 e. The normalized spacial score (nSPS) is 22.6. The van der Waals surface area contributed by atoms with Crippen molar-refractivity contribution < 1.29 is 13.7 Å². The highest BCUT2D eigenvalue weighted by atomic mass is 32.2. The summed E-state index contributed by atoms with van der Waals surface area (Å²) >= 11 is 0. The minimum atomic E-state index is -0.848. The first kappa shape index (κ1) is 15.2. The fourth-order valence-electron chi connectivity index (χ4n) is 3.00. The summed E-state index contributed by atoms with van der Waals surface area (Å²) in [7, 11) is -0.848. The Hall–Kier alpha value is -1.75. The van der Waals surface area contributed by atoms with Gasteiger partial charge in [-0.05, 0) is 38.3 Å². The molecule has 0 aliphatic heterocycles. The summed E-state index contributed by atoms with van der Waals surface area (Å²) in [5.41, 5.74) is 2.15. The molecule has 1 aromatic heterocycles. The highest BCUT2D eigenvalue weighted by molar-refractivity contribution is 7.84. The minimum Gasteiger partial charge on any atom is -0.459 e. The molecule has 1 aliphatic rings. The predicted octanol–water partition coefficient (Wildman–Crippen LogP) is 3.00. The molecule has 3 unspecified atom stereocenters. The van der Waals surface area contributed by atoms with Crippen molar-refractivity contribution in [1.82, 2.24) is 4.98 Å². The number of carbonyl (C=O) groups excluding carboxylic acids is 1. The second-order valence-corrected chi connectivity index (χ2v) is 7.45. The Kier molecular flexibility index (Phi) is 4.25. The highest BCUT2D eigenvalue weighted by Crippen LogP contribution is 2.27. The molecule has 22 heavy (non-hydrogen) atoms. The van der Waals surface area contributed by atoms with Gasteiger partial charge in [0, 0.05) is 33.4 Å². The van der Waals surface area contributed by atoms with E-state index in [1.165, 1.54) is 0 Å². The fraction of sp³-hybridized carbons (Fsp3) is 0.412. The maximum absolute atomic E-state index is 12.5. The third kappa shape index (κ3) is 3.04. The van der Waals surface area contributed by atoms with Crippen LogP contribution in [-0.4, -0.2) is 32.8 Å². The number of ether oxygens (including phenoxy) is 1. The van der Waals surface area contributed by atoms with E-state index in [9.17, 15) is 9.00 Å². The van der Waals surface area contributed by atoms with Crippen molar-refractivity contribution in [3.8, 4) is 0 Å². The van der Waals surface area contributed by atoms with Gasteiger partial charge in [-0.15, -0.1) is 0 Å². The first-order chi connectivity index (χ1) is 10.5. The van der Waals surface area contributed by atoms with Gasteiger partial charge in [-0.3, -0.25) is 9.19 Å². The lowest BCUT2D eigenvalue weighted by Crippen LogP contribution is -2.18. The van der Waals surface area contributed by atoms with E-state index in [1.54, 1.807) is 12.3 Å². The topological polar surface area (TPSA) is 56.3 Å². The van der Waals surface area contributed by atoms with Gasteiger partial charge in [-0.25, -0.2) is 4.79 Å². The molecule has 0 saturated heterocycles. The average Bonchev–Trinajstić information content (AvgIpc) is 2.95. The van der Waals surface area contributed by atoms with E-state index >= 15 is 0 Å². The number of nitrogens with zero attached hydrogens (tertiary/aromatic N) is 1. The number of carbonyl (C=O) groups is 1. The summed E-state index contributed by atoms with van der Waals surface area (Å²) in [6.07, 6.45) is 3.93. The summed E-state index contributed by atoms with van der Waals surface area (Å²) in [6, 6.07) is 9.35. The van der Waals surface area contributed by atoms with Gasteiger partial charge in [-0.1, -0.05) is 18.2 Å². The zero-order chi connectivity index (χ0) is 15.7. The van der Waals surface area contributed by atoms with Gasteiger partial charge in [0.05, 0.1) is 11.1 Å². The van der Waals surface area contributed by atoms with Gasteiger partial charge in [-0.2, -0.15) is 0 Å². The lowest BCUT2D eigenvalue weighted by atomic mass is 10.1. The Bertz CT molecular complexity index is 744. The van der Waals surface area contributed by atoms with E-state index in [4.69, 9.17) is 4.74 Å². The number of hydrogen-bond acceptors (Lipinski definition) is 4. The highest BCUT2D eigenvalue weighted by Gasteiger charge is 2.30. The van der Waals surface area contributed by atoms with Gasteiger partial charge >= 0.3 is 5.97 Å². The van der Waals surface area contributed by atoms with Gasteiger partial charge < -0.3 is 4.74 Å². The van der Waals surface area contributed by atoms with E-state index in [1.807, 2.05) is 31.2 Å². The second-order valence-electron chi connectivity index (χ2n) is 5.79. The summed E-state index contributed by atoms with van der Waals surface area (Å²) < 4.78 is 17.2. The summed E-state index contributed by atoms with van der Waals surface area (Å²) in [4.78, 5) is 17.0. The molecule has 5 heteroatoms. The zero-order valence-electron chi connectivity index (χ0n) is 12.7. The van der Waals surface area contributed by atoms with Crippen LogP contribution in [0.15, 0.2) is 30.3 Å². The monoisotopic (exact) mass is 317 g/mol. The molecule has 2 aromatic rings. The Morgan fingerprint density at radius 1 is 1.32 bits per heavy atom. The summed E-state index contributed by atoms with van der Waals surface area (Å²) in [5.74, 6) is -0.311. The molecule has 3 rings (SSSR count). The second kappa shape index (κ2) is 6.16. The number of aryl methyl sites for hydroxylation is 1. The van der Waals surface area contributed by atoms with Gasteiger partial charge in [0.1, 0.15) is 6.10 Å². The third-order valence-corrected chi connectivity index (χ3v) is 5.51. The van der Waals surface area contributed by atoms with Crippen LogP contribution in [-0.2, 0) is 15.5 Å². The molecule has 4 nitrogen and oxygen atoms in total. The first-order valence-electron chi connectivity index (χ1n) is 7.44. The maximum atomic E-state index is 12.5. The van der Waals surface area contributed by atoms with E-state index < -0.39 is 10.8 Å². The van der Waals surface area contributed by atoms with Gasteiger partial charge in [0.25, 0.3) is 0 Å². The standard InChI is InChI=1S/C17H19NO3S/c1-11-9-15(14-5-3-4-6-16(14)18-11)17(19)21-12-7-8-13(10-12)22(2)20/h3-6,9,12-13H,7-8,10H2,1-2H3. The molecule has 1 heterocycles. The molecule has 1 aliphatic carbocycles. The number of aromatic nitrogens is 1. The molecule has 3 atom stereocenters. The fourth-order valence-corrected chi connectivity index (χ4v) is 3.95. The smallest absolute Gasteiger partial charge is 0.339 e. The molecule has 0 amide bonds. The first-order valence-corrected chi connectivity index (χ1v) is 9.06. The Balaban J connectivity index is 1.83. The van der Waals surface area contributed by atoms with E-state index in [0.29, 0.717) is 12.0 Å². The van der Waals surface area contributed by atoms with Crippen LogP contribution in [0.5, 0.6) is 0 Å². The van der Waals surface area contributed by atoms with Crippen molar-refractivity contribution in [2.75, 3.05) is 6.26 Å². The van der Waals surface area contributed by atoms with Crippen LogP contribution in [0, 0.1) is 6.92 Å². The van der Waals surface area contributed by atoms with Crippen molar-refractivity contribution in [3.63, 3.8) is 0 Å². The zero-order valence-corrected chi connectivity index (χ0v) is 13.6. The molecule has 1 fully saturated rings. The van der Waals surface area contributed by atoms with E-state index in [2.05, 4.69) is 4.98 Å². The van der Waals surface area contributed by atoms with Crippen LogP contribution in [0.3, 0.4) is 0 Å². The third-order valence-electron chi connectivity index (χ3n) is 4.14. The van der Waals surface area contributed by atoms with Crippen LogP contribution < -0.4 is 0 Å². The molecule has 1 saturated carbocycles. The van der Waals surface area contributed by atoms with Crippen molar-refractivity contribution in [2.45, 2.75) is 37.5 Å². The van der Waals surface area contributed by atoms with Crippen molar-refractivity contribution in [2.24, 2.45) is 0 Å². The van der Waals surface area contributed by atoms with Crippen molar-refractivity contribution in [3.05, 3.63) is 41.6 Å². The molecule has 0 N–H and O–H groups in total. The average molecular weight is 317 g/mol. The van der Waals surface area contributed by atoms with Crippen LogP contribution >= 0.6 is 0 Å². The molecular weight excluding hydrogens is 298 g/mol. The number of pyridine rings is 1. The van der Waals surface area contributed by atoms with Crippen molar-refractivity contribution in [1.29, 1.82) is 0 Å². The summed E-state index contributed by atoms with van der Waals surface area (Å²) in [6.45, 7) is 1.87. The minimum absolute atomic E-state index is 0.131. The van der Waals surface area contributed by atoms with Crippen LogP contribution in [0.25, 0.3) is 10.9 Å². The largest absolute Gasteiger partial charge is 0.459 e. The molecular formula is C17H19NO3S. The molecule has 116 valence electrons. The Labute approximate surface area is 132 Å². The molecule has 0 spiro atoms. The van der Waals surface area contributed by atoms with Crippen LogP contribution in [0.2, 0.25) is 0 Å². The number of rotatable bonds is 3.